The Hall–Kier alpha value is -1.05. The quantitative estimate of drug-likeness (QED) is 0.416. The zero-order valence-electron chi connectivity index (χ0n) is 23.3. The Balaban J connectivity index is 0.00000190. The Morgan fingerprint density at radius 2 is 1.35 bits per heavy atom. The summed E-state index contributed by atoms with van der Waals surface area (Å²) in [4.78, 5) is 0. The van der Waals surface area contributed by atoms with Gasteiger partial charge in [-0.15, -0.1) is 0 Å². The van der Waals surface area contributed by atoms with E-state index in [-0.39, 0.29) is 35.6 Å². The van der Waals surface area contributed by atoms with E-state index in [1.54, 1.807) is 17.6 Å². The third kappa shape index (κ3) is 5.65. The maximum Gasteiger partial charge on any atom is -1.00 e. The van der Waals surface area contributed by atoms with Crippen LogP contribution in [0.2, 0.25) is 0 Å². The van der Waals surface area contributed by atoms with Gasteiger partial charge in [-0.05, 0) is 0 Å². The average Bonchev–Trinajstić information content (AvgIpc) is 3.52. The number of fused-ring (bicyclic) bond motifs is 3. The summed E-state index contributed by atoms with van der Waals surface area (Å²) in [5.74, 6) is 0. The van der Waals surface area contributed by atoms with Gasteiger partial charge in [-0.3, -0.25) is 0 Å². The van der Waals surface area contributed by atoms with Gasteiger partial charge in [-0.25, -0.2) is 0 Å². The van der Waals surface area contributed by atoms with E-state index in [2.05, 4.69) is 121 Å². The second-order valence-electron chi connectivity index (χ2n) is 12.5. The van der Waals surface area contributed by atoms with Crippen molar-refractivity contribution < 1.29 is 46.1 Å². The molecule has 3 aromatic rings. The summed E-state index contributed by atoms with van der Waals surface area (Å²) in [6, 6.07) is 17.2. The van der Waals surface area contributed by atoms with Crippen LogP contribution >= 0.6 is 11.3 Å². The number of hydrogen-bond donors (Lipinski definition) is 0. The minimum atomic E-state index is -2.24. The molecule has 0 atom stereocenters. The second-order valence-corrected chi connectivity index (χ2v) is 20.6. The van der Waals surface area contributed by atoms with Gasteiger partial charge < -0.3 is 24.8 Å². The molecule has 2 aliphatic rings. The molecular weight excluding hydrogens is 591 g/mol. The zero-order valence-corrected chi connectivity index (χ0v) is 28.1. The molecule has 2 aromatic carbocycles. The Kier molecular flexibility index (Phi) is 9.24. The molecule has 0 bridgehead atoms. The van der Waals surface area contributed by atoms with Crippen LogP contribution in [0.3, 0.4) is 0 Å². The van der Waals surface area contributed by atoms with Crippen molar-refractivity contribution in [1.82, 2.24) is 0 Å². The maximum absolute atomic E-state index is 2.52. The topological polar surface area (TPSA) is 0 Å². The van der Waals surface area contributed by atoms with Crippen LogP contribution in [0.4, 0.5) is 0 Å². The standard InChI is InChI=1S/C21H25.C9H7S.C3H6.2ClH.Zr/c1-20(2,3)16-9-7-14-11-15-8-10-17(21(4,5)6)13-19(15)18(14)12-16;1-2-4-8(3-1)9-5-6-10-7-9;1-3-2;;;/h7-13H,1-6H3;1,3,5-7H,2H2;1-2H3;2*1H;/q;;;;;+2/p-2. The van der Waals surface area contributed by atoms with Crippen molar-refractivity contribution in [1.29, 1.82) is 0 Å². The monoisotopic (exact) mass is 626 g/mol. The molecule has 0 radical (unpaired) electrons. The van der Waals surface area contributed by atoms with Crippen molar-refractivity contribution in [3.63, 3.8) is 0 Å². The average molecular weight is 629 g/mol. The van der Waals surface area contributed by atoms with Gasteiger partial charge in [-0.2, -0.15) is 0 Å². The van der Waals surface area contributed by atoms with Gasteiger partial charge in [0.15, 0.2) is 0 Å². The van der Waals surface area contributed by atoms with Crippen LogP contribution in [0, 0.1) is 0 Å². The van der Waals surface area contributed by atoms with Crippen LogP contribution in [-0.4, -0.2) is 3.21 Å². The zero-order chi connectivity index (χ0) is 25.1. The van der Waals surface area contributed by atoms with Crippen molar-refractivity contribution >= 4 is 20.1 Å². The molecular formula is C33H38Cl2SZr. The molecule has 0 aliphatic heterocycles. The van der Waals surface area contributed by atoms with E-state index in [1.807, 2.05) is 11.3 Å². The largest absolute Gasteiger partial charge is 1.00 e. The fourth-order valence-corrected chi connectivity index (χ4v) is 15.0. The van der Waals surface area contributed by atoms with Crippen molar-refractivity contribution in [2.45, 2.75) is 76.3 Å². The summed E-state index contributed by atoms with van der Waals surface area (Å²) in [6.45, 7) is 18.9. The van der Waals surface area contributed by atoms with Gasteiger partial charge in [0, 0.05) is 0 Å². The Morgan fingerprint density at radius 3 is 1.78 bits per heavy atom. The molecule has 37 heavy (non-hydrogen) atoms. The molecule has 0 saturated heterocycles. The molecule has 4 heteroatoms. The predicted octanol–water partition coefficient (Wildman–Crippen LogP) is 3.62. The number of hydrogen-bond acceptors (Lipinski definition) is 1. The first-order chi connectivity index (χ1) is 16.5. The van der Waals surface area contributed by atoms with Crippen LogP contribution in [0.25, 0.3) is 16.7 Å². The molecule has 0 saturated carbocycles. The molecule has 0 nitrogen and oxygen atoms in total. The molecule has 0 amide bonds. The van der Waals surface area contributed by atoms with Gasteiger partial charge in [0.05, 0.1) is 0 Å². The van der Waals surface area contributed by atoms with Crippen LogP contribution in [-0.2, 0) is 32.1 Å². The Morgan fingerprint density at radius 1 is 0.811 bits per heavy atom. The van der Waals surface area contributed by atoms with Crippen LogP contribution < -0.4 is 24.8 Å². The first-order valence-electron chi connectivity index (χ1n) is 12.9. The van der Waals surface area contributed by atoms with Crippen LogP contribution in [0.5, 0.6) is 0 Å². The number of halogens is 2. The summed E-state index contributed by atoms with van der Waals surface area (Å²) in [6.07, 6.45) is 5.95. The summed E-state index contributed by atoms with van der Waals surface area (Å²) in [5.41, 5.74) is 12.3. The SMILES string of the molecule is C[C](C)=[Zr+2]([C]1=C(c2ccsc2)C=CC1)[CH]1c2ccc(C(C)(C)C)cc2-c2cc(C(C)(C)C)ccc21.[Cl-].[Cl-]. The van der Waals surface area contributed by atoms with E-state index in [0.717, 1.165) is 6.42 Å². The van der Waals surface area contributed by atoms with Crippen molar-refractivity contribution in [2.75, 3.05) is 0 Å². The molecule has 194 valence electrons. The van der Waals surface area contributed by atoms with Crippen molar-refractivity contribution in [2.24, 2.45) is 0 Å². The van der Waals surface area contributed by atoms with Gasteiger partial charge in [-0.1, -0.05) is 0 Å². The minimum Gasteiger partial charge on any atom is -1.00 e. The summed E-state index contributed by atoms with van der Waals surface area (Å²) < 4.78 is 4.02. The normalized spacial score (nSPS) is 14.5. The molecule has 5 rings (SSSR count). The third-order valence-corrected chi connectivity index (χ3v) is 16.7. The van der Waals surface area contributed by atoms with E-state index in [9.17, 15) is 0 Å². The number of rotatable bonds is 3. The molecule has 1 heterocycles. The summed E-state index contributed by atoms with van der Waals surface area (Å²) in [7, 11) is 0. The fourth-order valence-electron chi connectivity index (χ4n) is 5.71. The second kappa shape index (κ2) is 11.2. The van der Waals surface area contributed by atoms with Crippen LogP contribution in [0.1, 0.15) is 93.3 Å². The predicted molar refractivity (Wildman–Crippen MR) is 152 cm³/mol. The first kappa shape index (κ1) is 30.5. The van der Waals surface area contributed by atoms with E-state index in [1.165, 1.54) is 33.4 Å². The van der Waals surface area contributed by atoms with E-state index in [0.29, 0.717) is 3.63 Å². The first-order valence-corrected chi connectivity index (χ1v) is 17.7. The van der Waals surface area contributed by atoms with Gasteiger partial charge in [0.25, 0.3) is 0 Å². The molecule has 0 fully saturated rings. The Labute approximate surface area is 248 Å². The Bertz CT molecular complexity index is 1330. The fraction of sp³-hybridized carbons (Fsp3) is 0.364. The molecule has 0 N–H and O–H groups in total. The number of thiophene rings is 1. The molecule has 1 aromatic heterocycles. The van der Waals surface area contributed by atoms with Crippen molar-refractivity contribution in [3.05, 3.63) is 96.5 Å². The molecule has 0 unspecified atom stereocenters. The van der Waals surface area contributed by atoms with E-state index in [4.69, 9.17) is 0 Å². The smallest absolute Gasteiger partial charge is 1.00 e. The maximum atomic E-state index is 2.52. The van der Waals surface area contributed by atoms with Crippen LogP contribution in [0.15, 0.2) is 68.7 Å². The minimum absolute atomic E-state index is 0. The number of benzene rings is 2. The summed E-state index contributed by atoms with van der Waals surface area (Å²) >= 11 is -0.425. The van der Waals surface area contributed by atoms with Gasteiger partial charge >= 0.3 is 225 Å². The van der Waals surface area contributed by atoms with E-state index < -0.39 is 21.3 Å². The molecule has 0 spiro atoms. The molecule has 2 aliphatic carbocycles. The van der Waals surface area contributed by atoms with Gasteiger partial charge in [0.1, 0.15) is 0 Å². The van der Waals surface area contributed by atoms with Crippen molar-refractivity contribution in [3.8, 4) is 11.1 Å². The van der Waals surface area contributed by atoms with E-state index >= 15 is 0 Å². The third-order valence-electron chi connectivity index (χ3n) is 7.67. The number of allylic oxidation sites excluding steroid dienone is 4. The summed E-state index contributed by atoms with van der Waals surface area (Å²) in [5, 5.41) is 4.55. The van der Waals surface area contributed by atoms with Gasteiger partial charge in [0.2, 0.25) is 0 Å².